The third kappa shape index (κ3) is 3.29. The monoisotopic (exact) mass is 263 g/mol. The lowest BCUT2D eigenvalue weighted by atomic mass is 10.2. The highest BCUT2D eigenvalue weighted by atomic mass is 16.5. The zero-order chi connectivity index (χ0) is 13.8. The number of pyridine rings is 1. The Morgan fingerprint density at radius 2 is 2.37 bits per heavy atom. The number of hydrogen-bond acceptors (Lipinski definition) is 5. The number of aromatic nitrogens is 2. The van der Waals surface area contributed by atoms with Gasteiger partial charge in [0.1, 0.15) is 0 Å². The molecule has 0 fully saturated rings. The van der Waals surface area contributed by atoms with Crippen molar-refractivity contribution in [2.24, 2.45) is 0 Å². The first-order valence-corrected chi connectivity index (χ1v) is 6.26. The number of amides is 1. The molecule has 6 heteroatoms. The predicted molar refractivity (Wildman–Crippen MR) is 69.8 cm³/mol. The lowest BCUT2D eigenvalue weighted by Gasteiger charge is -2.06. The number of rotatable bonds is 5. The van der Waals surface area contributed by atoms with Gasteiger partial charge in [-0.3, -0.25) is 4.79 Å². The fraction of sp³-hybridized carbons (Fsp3) is 0.462. The molecule has 0 saturated carbocycles. The van der Waals surface area contributed by atoms with Crippen molar-refractivity contribution >= 4 is 17.0 Å². The molecule has 1 unspecified atom stereocenters. The van der Waals surface area contributed by atoms with Crippen molar-refractivity contribution in [1.82, 2.24) is 15.5 Å². The van der Waals surface area contributed by atoms with Gasteiger partial charge in [-0.15, -0.1) is 0 Å². The van der Waals surface area contributed by atoms with Crippen molar-refractivity contribution in [3.8, 4) is 0 Å². The lowest BCUT2D eigenvalue weighted by Crippen LogP contribution is -2.25. The second-order valence-corrected chi connectivity index (χ2v) is 4.59. The average molecular weight is 263 g/mol. The van der Waals surface area contributed by atoms with Gasteiger partial charge in [-0.2, -0.15) is 0 Å². The van der Waals surface area contributed by atoms with Crippen LogP contribution in [0.4, 0.5) is 0 Å². The standard InChI is InChI=1S/C13H17N3O3/c1-8(17)4-3-5-14-12(18)10-6-11-9(2)16-19-13(11)15-7-10/h6-8,17H,3-5H2,1-2H3,(H,14,18). The highest BCUT2D eigenvalue weighted by Gasteiger charge is 2.11. The molecule has 0 aromatic carbocycles. The number of nitrogens with one attached hydrogen (secondary N) is 1. The summed E-state index contributed by atoms with van der Waals surface area (Å²) in [5.74, 6) is -0.180. The van der Waals surface area contributed by atoms with Crippen LogP contribution in [0.2, 0.25) is 0 Å². The van der Waals surface area contributed by atoms with Crippen LogP contribution in [0.15, 0.2) is 16.8 Å². The van der Waals surface area contributed by atoms with Gasteiger partial charge in [0.05, 0.1) is 22.7 Å². The number of aliphatic hydroxyl groups excluding tert-OH is 1. The van der Waals surface area contributed by atoms with Crippen molar-refractivity contribution in [2.45, 2.75) is 32.8 Å². The third-order valence-corrected chi connectivity index (χ3v) is 2.86. The summed E-state index contributed by atoms with van der Waals surface area (Å²) in [7, 11) is 0. The minimum absolute atomic E-state index is 0.180. The molecule has 2 rings (SSSR count). The van der Waals surface area contributed by atoms with Crippen molar-refractivity contribution in [2.75, 3.05) is 6.54 Å². The zero-order valence-corrected chi connectivity index (χ0v) is 11.0. The average Bonchev–Trinajstić information content (AvgIpc) is 2.75. The second-order valence-electron chi connectivity index (χ2n) is 4.59. The number of carbonyl (C=O) groups excluding carboxylic acids is 1. The van der Waals surface area contributed by atoms with Crippen LogP contribution >= 0.6 is 0 Å². The molecule has 0 spiro atoms. The third-order valence-electron chi connectivity index (χ3n) is 2.86. The molecule has 0 aliphatic carbocycles. The Hall–Kier alpha value is -1.95. The summed E-state index contributed by atoms with van der Waals surface area (Å²) in [5.41, 5.74) is 1.63. The molecule has 102 valence electrons. The molecule has 0 aliphatic rings. The van der Waals surface area contributed by atoms with E-state index in [1.165, 1.54) is 6.20 Å². The maximum absolute atomic E-state index is 11.9. The summed E-state index contributed by atoms with van der Waals surface area (Å²) in [6.45, 7) is 4.07. The van der Waals surface area contributed by atoms with Crippen LogP contribution in [0.3, 0.4) is 0 Å². The van der Waals surface area contributed by atoms with Crippen LogP contribution in [0.25, 0.3) is 11.1 Å². The molecule has 0 saturated heterocycles. The van der Waals surface area contributed by atoms with Crippen LogP contribution < -0.4 is 5.32 Å². The summed E-state index contributed by atoms with van der Waals surface area (Å²) in [5, 5.41) is 16.5. The topological polar surface area (TPSA) is 88.2 Å². The minimum atomic E-state index is -0.338. The molecule has 6 nitrogen and oxygen atoms in total. The highest BCUT2D eigenvalue weighted by molar-refractivity contribution is 5.96. The molecule has 0 radical (unpaired) electrons. The van der Waals surface area contributed by atoms with E-state index in [-0.39, 0.29) is 12.0 Å². The van der Waals surface area contributed by atoms with Crippen molar-refractivity contribution in [1.29, 1.82) is 0 Å². The molecule has 0 aliphatic heterocycles. The Labute approximate surface area is 110 Å². The summed E-state index contributed by atoms with van der Waals surface area (Å²) < 4.78 is 4.99. The zero-order valence-electron chi connectivity index (χ0n) is 11.0. The quantitative estimate of drug-likeness (QED) is 0.796. The lowest BCUT2D eigenvalue weighted by molar-refractivity contribution is 0.0949. The molecule has 2 N–H and O–H groups in total. The van der Waals surface area contributed by atoms with E-state index in [4.69, 9.17) is 9.63 Å². The Morgan fingerprint density at radius 1 is 1.58 bits per heavy atom. The van der Waals surface area contributed by atoms with E-state index in [1.807, 2.05) is 0 Å². The SMILES string of the molecule is Cc1noc2ncc(C(=O)NCCCC(C)O)cc12. The number of hydrogen-bond donors (Lipinski definition) is 2. The van der Waals surface area contributed by atoms with Gasteiger partial charge in [0.15, 0.2) is 0 Å². The predicted octanol–water partition coefficient (Wildman–Crippen LogP) is 1.42. The highest BCUT2D eigenvalue weighted by Crippen LogP contribution is 2.16. The van der Waals surface area contributed by atoms with E-state index in [9.17, 15) is 4.79 Å². The Bertz CT molecular complexity index is 578. The van der Waals surface area contributed by atoms with Gasteiger partial charge in [0.25, 0.3) is 11.6 Å². The van der Waals surface area contributed by atoms with Gasteiger partial charge in [-0.25, -0.2) is 4.98 Å². The molecular weight excluding hydrogens is 246 g/mol. The van der Waals surface area contributed by atoms with E-state index < -0.39 is 0 Å². The number of fused-ring (bicyclic) bond motifs is 1. The van der Waals surface area contributed by atoms with Gasteiger partial charge >= 0.3 is 0 Å². The van der Waals surface area contributed by atoms with Crippen LogP contribution in [0.5, 0.6) is 0 Å². The number of aliphatic hydroxyl groups is 1. The van der Waals surface area contributed by atoms with Gasteiger partial charge in [0, 0.05) is 12.7 Å². The van der Waals surface area contributed by atoms with E-state index in [2.05, 4.69) is 15.5 Å². The number of nitrogens with zero attached hydrogens (tertiary/aromatic N) is 2. The Morgan fingerprint density at radius 3 is 3.11 bits per heavy atom. The first-order valence-electron chi connectivity index (χ1n) is 6.26. The van der Waals surface area contributed by atoms with E-state index in [0.29, 0.717) is 29.9 Å². The molecule has 2 aromatic rings. The van der Waals surface area contributed by atoms with Crippen LogP contribution in [-0.2, 0) is 0 Å². The van der Waals surface area contributed by atoms with E-state index >= 15 is 0 Å². The van der Waals surface area contributed by atoms with E-state index in [1.54, 1.807) is 19.9 Å². The summed E-state index contributed by atoms with van der Waals surface area (Å²) >= 11 is 0. The molecular formula is C13H17N3O3. The largest absolute Gasteiger partial charge is 0.393 e. The molecule has 0 bridgehead atoms. The van der Waals surface area contributed by atoms with Crippen molar-refractivity contribution in [3.63, 3.8) is 0 Å². The normalized spacial score (nSPS) is 12.6. The first kappa shape index (κ1) is 13.5. The Kier molecular flexibility index (Phi) is 4.11. The number of carbonyl (C=O) groups is 1. The van der Waals surface area contributed by atoms with Crippen LogP contribution in [0, 0.1) is 6.92 Å². The minimum Gasteiger partial charge on any atom is -0.393 e. The second kappa shape index (κ2) is 5.79. The summed E-state index contributed by atoms with van der Waals surface area (Å²) in [4.78, 5) is 16.0. The molecule has 1 amide bonds. The smallest absolute Gasteiger partial charge is 0.257 e. The summed E-state index contributed by atoms with van der Waals surface area (Å²) in [6.07, 6.45) is 2.54. The maximum Gasteiger partial charge on any atom is 0.257 e. The fourth-order valence-corrected chi connectivity index (χ4v) is 1.77. The fourth-order valence-electron chi connectivity index (χ4n) is 1.77. The van der Waals surface area contributed by atoms with E-state index in [0.717, 1.165) is 11.8 Å². The Balaban J connectivity index is 1.99. The molecule has 2 aromatic heterocycles. The van der Waals surface area contributed by atoms with Crippen LogP contribution in [-0.4, -0.2) is 33.8 Å². The van der Waals surface area contributed by atoms with Crippen LogP contribution in [0.1, 0.15) is 35.8 Å². The number of aryl methyl sites for hydroxylation is 1. The molecule has 19 heavy (non-hydrogen) atoms. The van der Waals surface area contributed by atoms with Gasteiger partial charge in [-0.1, -0.05) is 5.16 Å². The summed E-state index contributed by atoms with van der Waals surface area (Å²) in [6, 6.07) is 1.72. The van der Waals surface area contributed by atoms with Crippen molar-refractivity contribution < 1.29 is 14.4 Å². The van der Waals surface area contributed by atoms with Gasteiger partial charge in [-0.05, 0) is 32.8 Å². The van der Waals surface area contributed by atoms with Gasteiger partial charge in [0.2, 0.25) is 0 Å². The molecule has 2 heterocycles. The first-order chi connectivity index (χ1) is 9.08. The maximum atomic E-state index is 11.9. The molecule has 1 atom stereocenters. The van der Waals surface area contributed by atoms with Gasteiger partial charge < -0.3 is 14.9 Å². The van der Waals surface area contributed by atoms with Crippen molar-refractivity contribution in [3.05, 3.63) is 23.5 Å².